The summed E-state index contributed by atoms with van der Waals surface area (Å²) in [6.45, 7) is 0.251. The second-order valence-corrected chi connectivity index (χ2v) is 5.45. The Kier molecular flexibility index (Phi) is 4.14. The molecule has 2 unspecified atom stereocenters. The molecule has 3 aromatic rings. The molecule has 10 nitrogen and oxygen atoms in total. The maximum Gasteiger partial charge on any atom is 0.351 e. The number of aliphatic hydroxyl groups excluding tert-OH is 1. The van der Waals surface area contributed by atoms with Crippen LogP contribution < -0.4 is 11.0 Å². The zero-order valence-corrected chi connectivity index (χ0v) is 13.1. The number of nitrogens with zero attached hydrogens (tertiary/aromatic N) is 5. The minimum absolute atomic E-state index is 0.185. The summed E-state index contributed by atoms with van der Waals surface area (Å²) >= 11 is 0. The lowest BCUT2D eigenvalue weighted by molar-refractivity contribution is -0.0992. The van der Waals surface area contributed by atoms with Crippen molar-refractivity contribution in [3.05, 3.63) is 47.0 Å². The van der Waals surface area contributed by atoms with Crippen molar-refractivity contribution in [1.82, 2.24) is 24.5 Å². The molecule has 1 aromatic carbocycles. The van der Waals surface area contributed by atoms with Crippen molar-refractivity contribution in [3.8, 4) is 0 Å². The molecule has 130 valence electrons. The average molecular weight is 344 g/mol. The number of aromatic nitrogens is 5. The van der Waals surface area contributed by atoms with Crippen molar-refractivity contribution < 1.29 is 14.6 Å². The standard InChI is InChI=1S/C15H16N6O4/c22-7-14-24-8-13(25-14)20-6-5-12(17-15(20)23)16-9-21-11-4-2-1-3-10(11)18-19-21/h1-6,13-14,22H,7-9H2,(H,16,17,23). The van der Waals surface area contributed by atoms with Crippen LogP contribution in [-0.4, -0.2) is 49.2 Å². The van der Waals surface area contributed by atoms with E-state index < -0.39 is 18.2 Å². The summed E-state index contributed by atoms with van der Waals surface area (Å²) in [5.74, 6) is 0.415. The van der Waals surface area contributed by atoms with Gasteiger partial charge in [-0.3, -0.25) is 4.57 Å². The lowest BCUT2D eigenvalue weighted by Gasteiger charge is -2.13. The molecule has 0 amide bonds. The van der Waals surface area contributed by atoms with Crippen molar-refractivity contribution in [2.24, 2.45) is 0 Å². The summed E-state index contributed by atoms with van der Waals surface area (Å²) in [7, 11) is 0. The molecule has 2 aromatic heterocycles. The number of para-hydroxylation sites is 1. The van der Waals surface area contributed by atoms with Crippen molar-refractivity contribution in [2.45, 2.75) is 19.2 Å². The average Bonchev–Trinajstić information content (AvgIpc) is 3.27. The number of ether oxygens (including phenoxy) is 2. The molecule has 1 aliphatic rings. The number of fused-ring (bicyclic) bond motifs is 1. The Morgan fingerprint density at radius 1 is 1.32 bits per heavy atom. The molecule has 3 heterocycles. The molecule has 4 rings (SSSR count). The van der Waals surface area contributed by atoms with Crippen LogP contribution in [0.3, 0.4) is 0 Å². The highest BCUT2D eigenvalue weighted by atomic mass is 16.7. The SMILES string of the molecule is O=c1nc(NCn2nnc3ccccc32)ccn1C1COC(CO)O1. The van der Waals surface area contributed by atoms with E-state index in [-0.39, 0.29) is 13.2 Å². The van der Waals surface area contributed by atoms with Crippen LogP contribution >= 0.6 is 0 Å². The fraction of sp³-hybridized carbons (Fsp3) is 0.333. The lowest BCUT2D eigenvalue weighted by Crippen LogP contribution is -2.29. The summed E-state index contributed by atoms with van der Waals surface area (Å²) in [6, 6.07) is 9.26. The first-order chi connectivity index (χ1) is 12.2. The van der Waals surface area contributed by atoms with Crippen molar-refractivity contribution in [1.29, 1.82) is 0 Å². The number of anilines is 1. The molecular weight excluding hydrogens is 328 g/mol. The van der Waals surface area contributed by atoms with Gasteiger partial charge in [0.25, 0.3) is 0 Å². The molecule has 0 bridgehead atoms. The van der Waals surface area contributed by atoms with Crippen LogP contribution in [0.15, 0.2) is 41.3 Å². The Morgan fingerprint density at radius 3 is 3.00 bits per heavy atom. The summed E-state index contributed by atoms with van der Waals surface area (Å²) in [5, 5.41) is 20.2. The fourth-order valence-corrected chi connectivity index (χ4v) is 2.61. The van der Waals surface area contributed by atoms with Crippen molar-refractivity contribution in [2.75, 3.05) is 18.5 Å². The van der Waals surface area contributed by atoms with E-state index in [9.17, 15) is 4.79 Å². The molecule has 0 spiro atoms. The quantitative estimate of drug-likeness (QED) is 0.660. The topological polar surface area (TPSA) is 116 Å². The molecule has 1 aliphatic heterocycles. The third-order valence-electron chi connectivity index (χ3n) is 3.85. The smallest absolute Gasteiger partial charge is 0.351 e. The second-order valence-electron chi connectivity index (χ2n) is 5.45. The highest BCUT2D eigenvalue weighted by Crippen LogP contribution is 2.19. The first-order valence-corrected chi connectivity index (χ1v) is 7.74. The van der Waals surface area contributed by atoms with E-state index in [1.165, 1.54) is 4.57 Å². The Morgan fingerprint density at radius 2 is 2.20 bits per heavy atom. The zero-order valence-electron chi connectivity index (χ0n) is 13.1. The molecule has 25 heavy (non-hydrogen) atoms. The van der Waals surface area contributed by atoms with Gasteiger partial charge in [0.2, 0.25) is 0 Å². The van der Waals surface area contributed by atoms with Gasteiger partial charge in [-0.25, -0.2) is 9.48 Å². The molecule has 0 radical (unpaired) electrons. The highest BCUT2D eigenvalue weighted by Gasteiger charge is 2.27. The second kappa shape index (κ2) is 6.59. The van der Waals surface area contributed by atoms with Crippen LogP contribution in [0.2, 0.25) is 0 Å². The highest BCUT2D eigenvalue weighted by molar-refractivity contribution is 5.73. The fourth-order valence-electron chi connectivity index (χ4n) is 2.61. The Labute approximate surface area is 141 Å². The van der Waals surface area contributed by atoms with E-state index in [4.69, 9.17) is 14.6 Å². The Bertz CT molecular complexity index is 939. The van der Waals surface area contributed by atoms with Gasteiger partial charge >= 0.3 is 5.69 Å². The van der Waals surface area contributed by atoms with Gasteiger partial charge in [0.1, 0.15) is 18.0 Å². The van der Waals surface area contributed by atoms with Crippen molar-refractivity contribution >= 4 is 16.9 Å². The van der Waals surface area contributed by atoms with E-state index in [1.54, 1.807) is 16.9 Å². The summed E-state index contributed by atoms with van der Waals surface area (Å²) in [6.07, 6.45) is 0.269. The summed E-state index contributed by atoms with van der Waals surface area (Å²) in [5.41, 5.74) is 1.21. The normalized spacial score (nSPS) is 20.2. The molecule has 1 saturated heterocycles. The summed E-state index contributed by atoms with van der Waals surface area (Å²) < 4.78 is 13.6. The number of aliphatic hydroxyl groups is 1. The van der Waals surface area contributed by atoms with Gasteiger partial charge in [0.15, 0.2) is 12.5 Å². The van der Waals surface area contributed by atoms with Crippen LogP contribution in [0.5, 0.6) is 0 Å². The first kappa shape index (κ1) is 15.7. The third kappa shape index (κ3) is 3.09. The van der Waals surface area contributed by atoms with Crippen molar-refractivity contribution in [3.63, 3.8) is 0 Å². The number of hydrogen-bond donors (Lipinski definition) is 2. The molecule has 1 fully saturated rings. The van der Waals surface area contributed by atoms with E-state index in [1.807, 2.05) is 24.3 Å². The largest absolute Gasteiger partial charge is 0.391 e. The number of benzene rings is 1. The minimum atomic E-state index is -0.713. The number of hydrogen-bond acceptors (Lipinski definition) is 8. The molecule has 0 aliphatic carbocycles. The Balaban J connectivity index is 1.47. The van der Waals surface area contributed by atoms with Gasteiger partial charge in [-0.05, 0) is 18.2 Å². The Hall–Kier alpha value is -2.82. The summed E-state index contributed by atoms with van der Waals surface area (Å²) in [4.78, 5) is 16.2. The minimum Gasteiger partial charge on any atom is -0.391 e. The van der Waals surface area contributed by atoms with Crippen LogP contribution in [0.4, 0.5) is 5.82 Å². The van der Waals surface area contributed by atoms with Crippen LogP contribution in [0.25, 0.3) is 11.0 Å². The first-order valence-electron chi connectivity index (χ1n) is 7.74. The molecular formula is C15H16N6O4. The van der Waals surface area contributed by atoms with Gasteiger partial charge in [0, 0.05) is 6.20 Å². The van der Waals surface area contributed by atoms with E-state index >= 15 is 0 Å². The van der Waals surface area contributed by atoms with E-state index in [2.05, 4.69) is 20.6 Å². The molecule has 0 saturated carbocycles. The molecule has 10 heteroatoms. The molecule has 2 N–H and O–H groups in total. The van der Waals surface area contributed by atoms with Gasteiger partial charge in [0.05, 0.1) is 18.7 Å². The third-order valence-corrected chi connectivity index (χ3v) is 3.85. The predicted octanol–water partition coefficient (Wildman–Crippen LogP) is -0.0786. The van der Waals surface area contributed by atoms with E-state index in [0.29, 0.717) is 12.5 Å². The zero-order chi connectivity index (χ0) is 17.2. The van der Waals surface area contributed by atoms with Crippen LogP contribution in [0, 0.1) is 0 Å². The maximum atomic E-state index is 12.2. The van der Waals surface area contributed by atoms with Crippen LogP contribution in [0.1, 0.15) is 6.23 Å². The molecule has 2 atom stereocenters. The van der Waals surface area contributed by atoms with Gasteiger partial charge in [-0.15, -0.1) is 5.10 Å². The lowest BCUT2D eigenvalue weighted by atomic mass is 10.3. The van der Waals surface area contributed by atoms with Gasteiger partial charge < -0.3 is 19.9 Å². The number of rotatable bonds is 5. The predicted molar refractivity (Wildman–Crippen MR) is 86.6 cm³/mol. The van der Waals surface area contributed by atoms with Gasteiger partial charge in [-0.2, -0.15) is 4.98 Å². The monoisotopic (exact) mass is 344 g/mol. The maximum absolute atomic E-state index is 12.2. The van der Waals surface area contributed by atoms with E-state index in [0.717, 1.165) is 11.0 Å². The number of nitrogens with one attached hydrogen (secondary N) is 1. The van der Waals surface area contributed by atoms with Gasteiger partial charge in [-0.1, -0.05) is 17.3 Å². The van der Waals surface area contributed by atoms with Crippen LogP contribution in [-0.2, 0) is 16.1 Å².